The van der Waals surface area contributed by atoms with Crippen LogP contribution >= 0.6 is 23.1 Å². The predicted molar refractivity (Wildman–Crippen MR) is 124 cm³/mol. The van der Waals surface area contributed by atoms with Gasteiger partial charge >= 0.3 is 0 Å². The van der Waals surface area contributed by atoms with Gasteiger partial charge in [0.15, 0.2) is 5.16 Å². The number of nitrogens with zero attached hydrogens (tertiary/aromatic N) is 2. The quantitative estimate of drug-likeness (QED) is 0.320. The van der Waals surface area contributed by atoms with Crippen LogP contribution in [0.15, 0.2) is 46.9 Å². The standard InChI is InChI=1S/C22H25N3O3S2/c1-6-11-25-21(27)19-13(2)15(4)30-20(19)24-22(25)29-12-18(26)23-14(3)16-9-7-8-10-17(16)28-5/h6-10,14H,1,11-12H2,2-5H3,(H,23,26). The fourth-order valence-electron chi connectivity index (χ4n) is 3.22. The number of nitrogens with one attached hydrogen (secondary N) is 1. The van der Waals surface area contributed by atoms with Crippen molar-refractivity contribution in [2.45, 2.75) is 38.5 Å². The maximum absolute atomic E-state index is 13.0. The first-order chi connectivity index (χ1) is 14.4. The maximum atomic E-state index is 13.0. The Morgan fingerprint density at radius 3 is 2.83 bits per heavy atom. The van der Waals surface area contributed by atoms with Crippen LogP contribution in [0, 0.1) is 13.8 Å². The summed E-state index contributed by atoms with van der Waals surface area (Å²) in [5, 5.41) is 4.16. The number of rotatable bonds is 8. The summed E-state index contributed by atoms with van der Waals surface area (Å²) in [5.41, 5.74) is 1.78. The molecule has 0 aliphatic rings. The number of thioether (sulfide) groups is 1. The Hall–Kier alpha value is -2.58. The first-order valence-corrected chi connectivity index (χ1v) is 11.3. The summed E-state index contributed by atoms with van der Waals surface area (Å²) in [7, 11) is 1.61. The molecule has 0 saturated carbocycles. The fraction of sp³-hybridized carbons (Fsp3) is 0.318. The van der Waals surface area contributed by atoms with E-state index in [4.69, 9.17) is 4.74 Å². The summed E-state index contributed by atoms with van der Waals surface area (Å²) in [6.07, 6.45) is 1.66. The Balaban J connectivity index is 1.79. The van der Waals surface area contributed by atoms with Crippen molar-refractivity contribution in [2.75, 3.05) is 12.9 Å². The minimum Gasteiger partial charge on any atom is -0.496 e. The van der Waals surface area contributed by atoms with Crippen molar-refractivity contribution in [2.24, 2.45) is 0 Å². The van der Waals surface area contributed by atoms with Crippen molar-refractivity contribution in [3.05, 3.63) is 63.3 Å². The zero-order valence-electron chi connectivity index (χ0n) is 17.5. The summed E-state index contributed by atoms with van der Waals surface area (Å²) < 4.78 is 6.95. The van der Waals surface area contributed by atoms with E-state index < -0.39 is 0 Å². The second-order valence-electron chi connectivity index (χ2n) is 6.88. The summed E-state index contributed by atoms with van der Waals surface area (Å²) in [6, 6.07) is 7.39. The molecule has 1 amide bonds. The minimum atomic E-state index is -0.206. The van der Waals surface area contributed by atoms with Gasteiger partial charge in [-0.05, 0) is 32.4 Å². The van der Waals surface area contributed by atoms with E-state index >= 15 is 0 Å². The average molecular weight is 444 g/mol. The van der Waals surface area contributed by atoms with Crippen LogP contribution in [-0.2, 0) is 11.3 Å². The molecule has 0 bridgehead atoms. The lowest BCUT2D eigenvalue weighted by Crippen LogP contribution is -2.29. The van der Waals surface area contributed by atoms with Crippen LogP contribution in [0.3, 0.4) is 0 Å². The Labute approximate surface area is 184 Å². The zero-order valence-corrected chi connectivity index (χ0v) is 19.2. The van der Waals surface area contributed by atoms with Gasteiger partial charge in [-0.3, -0.25) is 14.2 Å². The molecule has 0 radical (unpaired) electrons. The number of allylic oxidation sites excluding steroid dienone is 1. The molecule has 1 atom stereocenters. The van der Waals surface area contributed by atoms with E-state index in [1.807, 2.05) is 45.0 Å². The number of hydrogen-bond acceptors (Lipinski definition) is 6. The lowest BCUT2D eigenvalue weighted by Gasteiger charge is -2.17. The second-order valence-corrected chi connectivity index (χ2v) is 9.03. The number of para-hydroxylation sites is 1. The van der Waals surface area contributed by atoms with E-state index in [2.05, 4.69) is 16.9 Å². The number of thiophene rings is 1. The molecule has 0 spiro atoms. The van der Waals surface area contributed by atoms with E-state index in [-0.39, 0.29) is 23.3 Å². The Morgan fingerprint density at radius 2 is 2.13 bits per heavy atom. The predicted octanol–water partition coefficient (Wildman–Crippen LogP) is 4.24. The lowest BCUT2D eigenvalue weighted by molar-refractivity contribution is -0.119. The summed E-state index contributed by atoms with van der Waals surface area (Å²) in [6.45, 7) is 9.93. The molecule has 0 aliphatic heterocycles. The number of aryl methyl sites for hydroxylation is 2. The number of methoxy groups -OCH3 is 1. The second kappa shape index (κ2) is 9.49. The third-order valence-electron chi connectivity index (χ3n) is 4.88. The van der Waals surface area contributed by atoms with E-state index in [1.54, 1.807) is 17.8 Å². The molecule has 2 heterocycles. The number of carbonyl (C=O) groups is 1. The number of hydrogen-bond donors (Lipinski definition) is 1. The van der Waals surface area contributed by atoms with E-state index in [9.17, 15) is 9.59 Å². The molecule has 0 fully saturated rings. The topological polar surface area (TPSA) is 73.2 Å². The minimum absolute atomic E-state index is 0.0907. The molecule has 1 aromatic carbocycles. The van der Waals surface area contributed by atoms with Gasteiger partial charge in [-0.1, -0.05) is 36.0 Å². The summed E-state index contributed by atoms with van der Waals surface area (Å²) >= 11 is 2.76. The highest BCUT2D eigenvalue weighted by atomic mass is 32.2. The molecule has 3 rings (SSSR count). The van der Waals surface area contributed by atoms with Crippen molar-refractivity contribution in [1.82, 2.24) is 14.9 Å². The third kappa shape index (κ3) is 4.44. The Bertz CT molecular complexity index is 1150. The molecule has 30 heavy (non-hydrogen) atoms. The van der Waals surface area contributed by atoms with Gasteiger partial charge < -0.3 is 10.1 Å². The molecular formula is C22H25N3O3S2. The van der Waals surface area contributed by atoms with E-state index in [0.29, 0.717) is 21.9 Å². The fourth-order valence-corrected chi connectivity index (χ4v) is 5.11. The van der Waals surface area contributed by atoms with Crippen molar-refractivity contribution in [1.29, 1.82) is 0 Å². The normalized spacial score (nSPS) is 12.0. The molecule has 1 unspecified atom stereocenters. The molecule has 2 aromatic heterocycles. The SMILES string of the molecule is C=CCn1c(SCC(=O)NC(C)c2ccccc2OC)nc2sc(C)c(C)c2c1=O. The average Bonchev–Trinajstić information content (AvgIpc) is 3.02. The van der Waals surface area contributed by atoms with Crippen LogP contribution in [0.4, 0.5) is 0 Å². The highest BCUT2D eigenvalue weighted by molar-refractivity contribution is 7.99. The molecule has 3 aromatic rings. The molecule has 158 valence electrons. The van der Waals surface area contributed by atoms with Crippen LogP contribution < -0.4 is 15.6 Å². The van der Waals surface area contributed by atoms with Gasteiger partial charge in [0.25, 0.3) is 5.56 Å². The Kier molecular flexibility index (Phi) is 6.99. The van der Waals surface area contributed by atoms with Gasteiger partial charge in [0, 0.05) is 17.0 Å². The van der Waals surface area contributed by atoms with Gasteiger partial charge in [0.2, 0.25) is 5.91 Å². The summed E-state index contributed by atoms with van der Waals surface area (Å²) in [4.78, 5) is 32.0. The Morgan fingerprint density at radius 1 is 1.40 bits per heavy atom. The monoisotopic (exact) mass is 443 g/mol. The summed E-state index contributed by atoms with van der Waals surface area (Å²) in [5.74, 6) is 0.738. The van der Waals surface area contributed by atoms with Gasteiger partial charge in [-0.2, -0.15) is 0 Å². The van der Waals surface area contributed by atoms with Gasteiger partial charge in [-0.15, -0.1) is 17.9 Å². The smallest absolute Gasteiger partial charge is 0.263 e. The molecule has 1 N–H and O–H groups in total. The van der Waals surface area contributed by atoms with Gasteiger partial charge in [0.1, 0.15) is 10.6 Å². The van der Waals surface area contributed by atoms with E-state index in [1.165, 1.54) is 23.1 Å². The van der Waals surface area contributed by atoms with Crippen molar-refractivity contribution in [3.8, 4) is 5.75 Å². The third-order valence-corrected chi connectivity index (χ3v) is 6.96. The number of carbonyl (C=O) groups excluding carboxylic acids is 1. The number of fused-ring (bicyclic) bond motifs is 1. The van der Waals surface area contributed by atoms with Crippen LogP contribution in [0.2, 0.25) is 0 Å². The number of aromatic nitrogens is 2. The lowest BCUT2D eigenvalue weighted by atomic mass is 10.1. The van der Waals surface area contributed by atoms with Crippen LogP contribution in [0.1, 0.15) is 29.0 Å². The van der Waals surface area contributed by atoms with Crippen LogP contribution in [0.5, 0.6) is 5.75 Å². The van der Waals surface area contributed by atoms with E-state index in [0.717, 1.165) is 21.8 Å². The highest BCUT2D eigenvalue weighted by Crippen LogP contribution is 2.29. The number of amides is 1. The maximum Gasteiger partial charge on any atom is 0.263 e. The first kappa shape index (κ1) is 22.1. The first-order valence-electron chi connectivity index (χ1n) is 9.53. The van der Waals surface area contributed by atoms with Gasteiger partial charge in [-0.25, -0.2) is 4.98 Å². The molecule has 8 heteroatoms. The number of benzene rings is 1. The molecular weight excluding hydrogens is 418 g/mol. The largest absolute Gasteiger partial charge is 0.496 e. The number of ether oxygens (including phenoxy) is 1. The molecule has 6 nitrogen and oxygen atoms in total. The van der Waals surface area contributed by atoms with Crippen molar-refractivity contribution >= 4 is 39.2 Å². The molecule has 0 aliphatic carbocycles. The van der Waals surface area contributed by atoms with Crippen LogP contribution in [0.25, 0.3) is 10.2 Å². The zero-order chi connectivity index (χ0) is 21.8. The van der Waals surface area contributed by atoms with Crippen molar-refractivity contribution < 1.29 is 9.53 Å². The highest BCUT2D eigenvalue weighted by Gasteiger charge is 2.18. The van der Waals surface area contributed by atoms with Crippen molar-refractivity contribution in [3.63, 3.8) is 0 Å². The molecule has 0 saturated heterocycles. The van der Waals surface area contributed by atoms with Crippen LogP contribution in [-0.4, -0.2) is 28.3 Å². The van der Waals surface area contributed by atoms with Gasteiger partial charge in [0.05, 0.1) is 24.3 Å².